The minimum atomic E-state index is 0.102. The van der Waals surface area contributed by atoms with Gasteiger partial charge in [-0.05, 0) is 42.7 Å². The second-order valence-electron chi connectivity index (χ2n) is 6.56. The first-order valence-electron chi connectivity index (χ1n) is 6.87. The van der Waals surface area contributed by atoms with Crippen LogP contribution in [0.2, 0.25) is 0 Å². The topological polar surface area (TPSA) is 35.2 Å². The zero-order valence-electron chi connectivity index (χ0n) is 12.0. The molecule has 0 radical (unpaired) electrons. The first-order chi connectivity index (χ1) is 8.38. The molecule has 1 aliphatic rings. The zero-order chi connectivity index (χ0) is 13.3. The molecule has 1 fully saturated rings. The molecule has 0 aliphatic heterocycles. The van der Waals surface area contributed by atoms with Crippen LogP contribution in [0.1, 0.15) is 44.7 Å². The Hall–Kier alpha value is -1.02. The van der Waals surface area contributed by atoms with Crippen molar-refractivity contribution in [2.45, 2.75) is 52.0 Å². The molecule has 0 spiro atoms. The summed E-state index contributed by atoms with van der Waals surface area (Å²) in [6.45, 7) is 9.41. The van der Waals surface area contributed by atoms with Crippen molar-refractivity contribution in [3.63, 3.8) is 0 Å². The first-order valence-corrected chi connectivity index (χ1v) is 6.87. The van der Waals surface area contributed by atoms with Crippen LogP contribution >= 0.6 is 0 Å². The van der Waals surface area contributed by atoms with E-state index in [0.717, 1.165) is 5.75 Å². The molecule has 2 rings (SSSR count). The van der Waals surface area contributed by atoms with E-state index in [1.165, 1.54) is 24.0 Å². The summed E-state index contributed by atoms with van der Waals surface area (Å²) in [6.07, 6.45) is 2.54. The van der Waals surface area contributed by atoms with Gasteiger partial charge in [-0.2, -0.15) is 0 Å². The second-order valence-corrected chi connectivity index (χ2v) is 6.56. The van der Waals surface area contributed by atoms with Crippen LogP contribution in [-0.4, -0.2) is 12.6 Å². The minimum absolute atomic E-state index is 0.102. The monoisotopic (exact) mass is 247 g/mol. The Balaban J connectivity index is 2.11. The van der Waals surface area contributed by atoms with Gasteiger partial charge < -0.3 is 10.5 Å². The van der Waals surface area contributed by atoms with Crippen LogP contribution in [0.4, 0.5) is 0 Å². The average molecular weight is 247 g/mol. The molecule has 0 aromatic heterocycles. The highest BCUT2D eigenvalue weighted by Gasteiger charge is 2.29. The van der Waals surface area contributed by atoms with Gasteiger partial charge in [-0.25, -0.2) is 0 Å². The third kappa shape index (κ3) is 3.26. The fourth-order valence-electron chi connectivity index (χ4n) is 2.20. The van der Waals surface area contributed by atoms with Gasteiger partial charge in [-0.15, -0.1) is 0 Å². The van der Waals surface area contributed by atoms with Gasteiger partial charge in [-0.3, -0.25) is 0 Å². The van der Waals surface area contributed by atoms with E-state index in [0.29, 0.717) is 12.5 Å². The van der Waals surface area contributed by atoms with E-state index in [-0.39, 0.29) is 11.5 Å². The van der Waals surface area contributed by atoms with Crippen molar-refractivity contribution in [3.05, 3.63) is 29.3 Å². The minimum Gasteiger partial charge on any atom is -0.492 e. The Labute approximate surface area is 111 Å². The van der Waals surface area contributed by atoms with E-state index in [1.54, 1.807) is 0 Å². The van der Waals surface area contributed by atoms with E-state index in [9.17, 15) is 0 Å². The number of hydrogen-bond donors (Lipinski definition) is 1. The standard InChI is InChI=1S/C16H25NO/c1-11-5-8-15(13(9-11)16(2,3)4)18-10-14(17)12-6-7-12/h5,8-9,12,14H,6-7,10,17H2,1-4H3. The fourth-order valence-corrected chi connectivity index (χ4v) is 2.20. The van der Waals surface area contributed by atoms with E-state index < -0.39 is 0 Å². The Kier molecular flexibility index (Phi) is 3.67. The van der Waals surface area contributed by atoms with Crippen molar-refractivity contribution in [2.24, 2.45) is 11.7 Å². The van der Waals surface area contributed by atoms with Crippen molar-refractivity contribution < 1.29 is 4.74 Å². The van der Waals surface area contributed by atoms with Gasteiger partial charge in [0.25, 0.3) is 0 Å². The molecule has 2 heteroatoms. The first kappa shape index (κ1) is 13.4. The van der Waals surface area contributed by atoms with E-state index in [1.807, 2.05) is 0 Å². The Morgan fingerprint density at radius 3 is 2.56 bits per heavy atom. The molecular weight excluding hydrogens is 222 g/mol. The molecule has 18 heavy (non-hydrogen) atoms. The Morgan fingerprint density at radius 2 is 2.00 bits per heavy atom. The van der Waals surface area contributed by atoms with Crippen LogP contribution < -0.4 is 10.5 Å². The lowest BCUT2D eigenvalue weighted by Gasteiger charge is -2.24. The number of aryl methyl sites for hydroxylation is 1. The van der Waals surface area contributed by atoms with Gasteiger partial charge in [0.2, 0.25) is 0 Å². The lowest BCUT2D eigenvalue weighted by Crippen LogP contribution is -2.30. The number of nitrogens with two attached hydrogens (primary N) is 1. The van der Waals surface area contributed by atoms with Gasteiger partial charge in [0.1, 0.15) is 12.4 Å². The van der Waals surface area contributed by atoms with Crippen molar-refractivity contribution in [1.82, 2.24) is 0 Å². The highest BCUT2D eigenvalue weighted by Crippen LogP contribution is 2.34. The Bertz CT molecular complexity index is 416. The predicted molar refractivity (Wildman–Crippen MR) is 76.1 cm³/mol. The van der Waals surface area contributed by atoms with E-state index in [2.05, 4.69) is 45.9 Å². The molecular formula is C16H25NO. The molecule has 1 aliphatic carbocycles. The summed E-state index contributed by atoms with van der Waals surface area (Å²) >= 11 is 0. The maximum Gasteiger partial charge on any atom is 0.123 e. The average Bonchev–Trinajstić information content (AvgIpc) is 3.09. The number of ether oxygens (including phenoxy) is 1. The quantitative estimate of drug-likeness (QED) is 0.885. The van der Waals surface area contributed by atoms with Crippen LogP contribution in [0.15, 0.2) is 18.2 Å². The normalized spacial score (nSPS) is 17.6. The van der Waals surface area contributed by atoms with Crippen LogP contribution in [0.5, 0.6) is 5.75 Å². The van der Waals surface area contributed by atoms with Gasteiger partial charge in [0.15, 0.2) is 0 Å². The van der Waals surface area contributed by atoms with Crippen LogP contribution in [0.25, 0.3) is 0 Å². The smallest absolute Gasteiger partial charge is 0.123 e. The van der Waals surface area contributed by atoms with E-state index in [4.69, 9.17) is 10.5 Å². The van der Waals surface area contributed by atoms with Gasteiger partial charge in [0, 0.05) is 6.04 Å². The lowest BCUT2D eigenvalue weighted by atomic mass is 9.85. The summed E-state index contributed by atoms with van der Waals surface area (Å²) in [5.41, 5.74) is 8.74. The summed E-state index contributed by atoms with van der Waals surface area (Å²) < 4.78 is 5.96. The maximum absolute atomic E-state index is 6.09. The van der Waals surface area contributed by atoms with Crippen molar-refractivity contribution >= 4 is 0 Å². The van der Waals surface area contributed by atoms with Gasteiger partial charge in [0.05, 0.1) is 0 Å². The third-order valence-corrected chi connectivity index (χ3v) is 3.60. The molecule has 1 unspecified atom stereocenters. The molecule has 0 heterocycles. The Morgan fingerprint density at radius 1 is 1.33 bits per heavy atom. The maximum atomic E-state index is 6.09. The largest absolute Gasteiger partial charge is 0.492 e. The molecule has 1 aromatic rings. The molecule has 1 aromatic carbocycles. The SMILES string of the molecule is Cc1ccc(OCC(N)C2CC2)c(C(C)(C)C)c1. The van der Waals surface area contributed by atoms with Crippen LogP contribution in [0, 0.1) is 12.8 Å². The van der Waals surface area contributed by atoms with Crippen LogP contribution in [0.3, 0.4) is 0 Å². The zero-order valence-corrected chi connectivity index (χ0v) is 12.0. The molecule has 2 N–H and O–H groups in total. The lowest BCUT2D eigenvalue weighted by molar-refractivity contribution is 0.270. The highest BCUT2D eigenvalue weighted by molar-refractivity contribution is 5.41. The highest BCUT2D eigenvalue weighted by atomic mass is 16.5. The fraction of sp³-hybridized carbons (Fsp3) is 0.625. The van der Waals surface area contributed by atoms with Gasteiger partial charge in [-0.1, -0.05) is 38.5 Å². The molecule has 100 valence electrons. The molecule has 0 bridgehead atoms. The summed E-state index contributed by atoms with van der Waals surface area (Å²) in [4.78, 5) is 0. The number of rotatable bonds is 4. The van der Waals surface area contributed by atoms with Crippen molar-refractivity contribution in [2.75, 3.05) is 6.61 Å². The van der Waals surface area contributed by atoms with E-state index >= 15 is 0 Å². The predicted octanol–water partition coefficient (Wildman–Crippen LogP) is 3.41. The number of hydrogen-bond acceptors (Lipinski definition) is 2. The summed E-state index contributed by atoms with van der Waals surface area (Å²) in [5, 5.41) is 0. The molecule has 0 amide bonds. The molecule has 1 atom stereocenters. The van der Waals surface area contributed by atoms with Crippen LogP contribution in [-0.2, 0) is 5.41 Å². The third-order valence-electron chi connectivity index (χ3n) is 3.60. The second kappa shape index (κ2) is 4.93. The summed E-state index contributed by atoms with van der Waals surface area (Å²) in [6, 6.07) is 6.60. The number of benzene rings is 1. The molecule has 2 nitrogen and oxygen atoms in total. The van der Waals surface area contributed by atoms with Crippen molar-refractivity contribution in [3.8, 4) is 5.75 Å². The summed E-state index contributed by atoms with van der Waals surface area (Å²) in [7, 11) is 0. The van der Waals surface area contributed by atoms with Gasteiger partial charge >= 0.3 is 0 Å². The molecule has 0 saturated heterocycles. The molecule has 1 saturated carbocycles. The summed E-state index contributed by atoms with van der Waals surface area (Å²) in [5.74, 6) is 1.68. The van der Waals surface area contributed by atoms with Crippen molar-refractivity contribution in [1.29, 1.82) is 0 Å².